The van der Waals surface area contributed by atoms with E-state index < -0.39 is 6.10 Å². The molecule has 1 atom stereocenters. The van der Waals surface area contributed by atoms with Gasteiger partial charge in [-0.1, -0.05) is 37.6 Å². The fourth-order valence-corrected chi connectivity index (χ4v) is 3.47. The van der Waals surface area contributed by atoms with Crippen molar-refractivity contribution in [3.63, 3.8) is 0 Å². The number of hydrogen-bond donors (Lipinski definition) is 2. The van der Waals surface area contributed by atoms with Crippen LogP contribution in [0.15, 0.2) is 24.3 Å². The zero-order chi connectivity index (χ0) is 13.9. The van der Waals surface area contributed by atoms with Crippen molar-refractivity contribution in [1.29, 1.82) is 0 Å². The Hall–Kier alpha value is -0.860. The molecule has 1 aliphatic carbocycles. The van der Waals surface area contributed by atoms with E-state index in [0.717, 1.165) is 24.3 Å². The third kappa shape index (κ3) is 2.85. The third-order valence-corrected chi connectivity index (χ3v) is 5.15. The number of aliphatic hydroxyl groups is 1. The highest BCUT2D eigenvalue weighted by molar-refractivity contribution is 5.29. The number of benzene rings is 1. The lowest BCUT2D eigenvalue weighted by molar-refractivity contribution is -0.0107. The Morgan fingerprint density at radius 2 is 1.95 bits per heavy atom. The molecular weight excluding hydrogens is 234 g/mol. The molecule has 1 aromatic carbocycles. The average Bonchev–Trinajstić information content (AvgIpc) is 2.47. The molecule has 0 amide bonds. The molecule has 1 fully saturated rings. The highest BCUT2D eigenvalue weighted by atomic mass is 16.3. The van der Waals surface area contributed by atoms with Gasteiger partial charge in [0.25, 0.3) is 0 Å². The summed E-state index contributed by atoms with van der Waals surface area (Å²) in [5.41, 5.74) is 8.17. The van der Waals surface area contributed by atoms with Gasteiger partial charge in [-0.15, -0.1) is 0 Å². The average molecular weight is 261 g/mol. The van der Waals surface area contributed by atoms with Crippen molar-refractivity contribution in [2.75, 3.05) is 6.54 Å². The first-order valence-electron chi connectivity index (χ1n) is 7.56. The number of rotatable bonds is 4. The Labute approximate surface area is 117 Å². The minimum atomic E-state index is -0.420. The maximum absolute atomic E-state index is 10.9. The van der Waals surface area contributed by atoms with E-state index in [0.29, 0.717) is 6.54 Å². The van der Waals surface area contributed by atoms with E-state index in [1.165, 1.54) is 24.8 Å². The van der Waals surface area contributed by atoms with E-state index in [4.69, 9.17) is 5.73 Å². The lowest BCUT2D eigenvalue weighted by atomic mass is 9.65. The molecule has 2 heteroatoms. The van der Waals surface area contributed by atoms with E-state index in [2.05, 4.69) is 19.9 Å². The Kier molecular flexibility index (Phi) is 4.64. The van der Waals surface area contributed by atoms with Gasteiger partial charge in [-0.2, -0.15) is 0 Å². The van der Waals surface area contributed by atoms with E-state index in [-0.39, 0.29) is 5.41 Å². The van der Waals surface area contributed by atoms with Crippen LogP contribution in [0.3, 0.4) is 0 Å². The molecule has 0 aliphatic heterocycles. The van der Waals surface area contributed by atoms with Gasteiger partial charge in [0, 0.05) is 12.0 Å². The molecule has 0 saturated heterocycles. The number of hydrogen-bond acceptors (Lipinski definition) is 2. The van der Waals surface area contributed by atoms with E-state index in [1.54, 1.807) is 0 Å². The second kappa shape index (κ2) is 6.06. The first-order chi connectivity index (χ1) is 9.13. The minimum absolute atomic E-state index is 0.113. The van der Waals surface area contributed by atoms with Gasteiger partial charge >= 0.3 is 0 Å². The van der Waals surface area contributed by atoms with Gasteiger partial charge in [-0.05, 0) is 49.7 Å². The molecule has 3 N–H and O–H groups in total. The monoisotopic (exact) mass is 261 g/mol. The largest absolute Gasteiger partial charge is 0.388 e. The molecule has 2 rings (SSSR count). The maximum Gasteiger partial charge on any atom is 0.0860 e. The molecule has 2 nitrogen and oxygen atoms in total. The molecule has 0 spiro atoms. The first-order valence-corrected chi connectivity index (χ1v) is 7.56. The zero-order valence-electron chi connectivity index (χ0n) is 12.2. The summed E-state index contributed by atoms with van der Waals surface area (Å²) in [6.07, 6.45) is 5.35. The summed E-state index contributed by atoms with van der Waals surface area (Å²) in [5.74, 6) is 0.823. The second-order valence-electron chi connectivity index (χ2n) is 6.18. The predicted molar refractivity (Wildman–Crippen MR) is 79.9 cm³/mol. The van der Waals surface area contributed by atoms with Gasteiger partial charge in [-0.25, -0.2) is 0 Å². The van der Waals surface area contributed by atoms with Crippen LogP contribution >= 0.6 is 0 Å². The second-order valence-corrected chi connectivity index (χ2v) is 6.18. The number of aliphatic hydroxyl groups excluding tert-OH is 1. The van der Waals surface area contributed by atoms with E-state index >= 15 is 0 Å². The molecule has 1 aromatic rings. The molecule has 19 heavy (non-hydrogen) atoms. The summed E-state index contributed by atoms with van der Waals surface area (Å²) in [7, 11) is 0. The molecule has 106 valence electrons. The standard InChI is InChI=1S/C17H27NO/c1-3-14-8-10-17(12-18,11-9-14)16(19)15-7-5-4-6-13(15)2/h4-7,14,16,19H,3,8-12,18H2,1-2H3. The number of aryl methyl sites for hydroxylation is 1. The molecule has 0 heterocycles. The minimum Gasteiger partial charge on any atom is -0.388 e. The Bertz CT molecular complexity index is 407. The first kappa shape index (κ1) is 14.5. The quantitative estimate of drug-likeness (QED) is 0.870. The predicted octanol–water partition coefficient (Wildman–Crippen LogP) is 3.57. The van der Waals surface area contributed by atoms with Crippen LogP contribution in [-0.4, -0.2) is 11.7 Å². The Balaban J connectivity index is 2.20. The van der Waals surface area contributed by atoms with Crippen molar-refractivity contribution < 1.29 is 5.11 Å². The van der Waals surface area contributed by atoms with Gasteiger partial charge in [0.1, 0.15) is 0 Å². The fourth-order valence-electron chi connectivity index (χ4n) is 3.47. The van der Waals surface area contributed by atoms with Gasteiger partial charge in [0.15, 0.2) is 0 Å². The smallest absolute Gasteiger partial charge is 0.0860 e. The van der Waals surface area contributed by atoms with Crippen LogP contribution in [0.5, 0.6) is 0 Å². The maximum atomic E-state index is 10.9. The van der Waals surface area contributed by atoms with Crippen molar-refractivity contribution in [3.05, 3.63) is 35.4 Å². The highest BCUT2D eigenvalue weighted by Gasteiger charge is 2.40. The van der Waals surface area contributed by atoms with Crippen LogP contribution in [0.25, 0.3) is 0 Å². The van der Waals surface area contributed by atoms with Crippen molar-refractivity contribution in [3.8, 4) is 0 Å². The molecule has 0 bridgehead atoms. The summed E-state index contributed by atoms with van der Waals surface area (Å²) in [4.78, 5) is 0. The summed E-state index contributed by atoms with van der Waals surface area (Å²) >= 11 is 0. The fraction of sp³-hybridized carbons (Fsp3) is 0.647. The van der Waals surface area contributed by atoms with Gasteiger partial charge in [0.05, 0.1) is 6.10 Å². The van der Waals surface area contributed by atoms with Crippen LogP contribution in [0.1, 0.15) is 56.3 Å². The summed E-state index contributed by atoms with van der Waals surface area (Å²) < 4.78 is 0. The molecule has 1 unspecified atom stereocenters. The summed E-state index contributed by atoms with van der Waals surface area (Å²) in [5, 5.41) is 10.9. The molecule has 1 saturated carbocycles. The molecule has 0 aromatic heterocycles. The lowest BCUT2D eigenvalue weighted by Gasteiger charge is -2.43. The highest BCUT2D eigenvalue weighted by Crippen LogP contribution is 2.47. The Morgan fingerprint density at radius 3 is 2.47 bits per heavy atom. The normalized spacial score (nSPS) is 29.2. The van der Waals surface area contributed by atoms with Crippen LogP contribution in [-0.2, 0) is 0 Å². The molecule has 0 radical (unpaired) electrons. The topological polar surface area (TPSA) is 46.2 Å². The van der Waals surface area contributed by atoms with Crippen LogP contribution < -0.4 is 5.73 Å². The van der Waals surface area contributed by atoms with Crippen LogP contribution in [0, 0.1) is 18.3 Å². The SMILES string of the molecule is CCC1CCC(CN)(C(O)c2ccccc2C)CC1. The summed E-state index contributed by atoms with van der Waals surface area (Å²) in [6, 6.07) is 8.14. The lowest BCUT2D eigenvalue weighted by Crippen LogP contribution is -2.40. The number of nitrogens with two attached hydrogens (primary N) is 1. The van der Waals surface area contributed by atoms with E-state index in [1.807, 2.05) is 18.2 Å². The van der Waals surface area contributed by atoms with Crippen molar-refractivity contribution >= 4 is 0 Å². The van der Waals surface area contributed by atoms with Crippen molar-refractivity contribution in [2.45, 2.75) is 52.1 Å². The van der Waals surface area contributed by atoms with Gasteiger partial charge in [-0.3, -0.25) is 0 Å². The van der Waals surface area contributed by atoms with Crippen molar-refractivity contribution in [2.24, 2.45) is 17.1 Å². The molecule has 1 aliphatic rings. The molecular formula is C17H27NO. The van der Waals surface area contributed by atoms with Crippen molar-refractivity contribution in [1.82, 2.24) is 0 Å². The van der Waals surface area contributed by atoms with Crippen LogP contribution in [0.2, 0.25) is 0 Å². The zero-order valence-corrected chi connectivity index (χ0v) is 12.2. The van der Waals surface area contributed by atoms with E-state index in [9.17, 15) is 5.11 Å². The van der Waals surface area contributed by atoms with Crippen LogP contribution in [0.4, 0.5) is 0 Å². The third-order valence-electron chi connectivity index (χ3n) is 5.15. The Morgan fingerprint density at radius 1 is 1.32 bits per heavy atom. The summed E-state index contributed by atoms with van der Waals surface area (Å²) in [6.45, 7) is 4.91. The van der Waals surface area contributed by atoms with Gasteiger partial charge < -0.3 is 10.8 Å². The van der Waals surface area contributed by atoms with Gasteiger partial charge in [0.2, 0.25) is 0 Å².